The molecule has 0 bridgehead atoms. The predicted molar refractivity (Wildman–Crippen MR) is 131 cm³/mol. The maximum absolute atomic E-state index is 12.7. The summed E-state index contributed by atoms with van der Waals surface area (Å²) in [7, 11) is 0. The van der Waals surface area contributed by atoms with Crippen molar-refractivity contribution in [3.8, 4) is 0 Å². The number of nitrogens with two attached hydrogens (primary N) is 1. The monoisotopic (exact) mass is 453 g/mol. The summed E-state index contributed by atoms with van der Waals surface area (Å²) in [6.45, 7) is 6.77. The van der Waals surface area contributed by atoms with Gasteiger partial charge in [0.15, 0.2) is 0 Å². The summed E-state index contributed by atoms with van der Waals surface area (Å²) in [5, 5.41) is 13.0. The van der Waals surface area contributed by atoms with E-state index in [2.05, 4.69) is 12.2 Å². The van der Waals surface area contributed by atoms with Crippen molar-refractivity contribution in [3.63, 3.8) is 0 Å². The molecule has 4 N–H and O–H groups in total. The molecule has 7 nitrogen and oxygen atoms in total. The van der Waals surface area contributed by atoms with E-state index < -0.39 is 12.0 Å². The lowest BCUT2D eigenvalue weighted by Gasteiger charge is -2.34. The molecule has 3 unspecified atom stereocenters. The molecule has 3 atom stereocenters. The molecule has 2 aromatic carbocycles. The van der Waals surface area contributed by atoms with Gasteiger partial charge in [0.25, 0.3) is 0 Å². The van der Waals surface area contributed by atoms with E-state index >= 15 is 0 Å². The van der Waals surface area contributed by atoms with Gasteiger partial charge in [-0.2, -0.15) is 0 Å². The molecule has 1 saturated heterocycles. The zero-order chi connectivity index (χ0) is 24.0. The van der Waals surface area contributed by atoms with Crippen LogP contribution >= 0.6 is 0 Å². The largest absolute Gasteiger partial charge is 0.481 e. The number of amides is 2. The van der Waals surface area contributed by atoms with Crippen molar-refractivity contribution in [2.24, 2.45) is 5.73 Å². The van der Waals surface area contributed by atoms with Gasteiger partial charge >= 0.3 is 12.0 Å². The molecule has 178 valence electrons. The van der Waals surface area contributed by atoms with Crippen molar-refractivity contribution in [2.45, 2.75) is 70.9 Å². The second kappa shape index (κ2) is 11.2. The van der Waals surface area contributed by atoms with Gasteiger partial charge in [-0.05, 0) is 67.9 Å². The van der Waals surface area contributed by atoms with Crippen molar-refractivity contribution < 1.29 is 19.4 Å². The average molecular weight is 454 g/mol. The quantitative estimate of drug-likeness (QED) is 0.462. The normalized spacial score (nSPS) is 19.0. The van der Waals surface area contributed by atoms with Gasteiger partial charge < -0.3 is 20.9 Å². The fourth-order valence-electron chi connectivity index (χ4n) is 4.61. The Kier molecular flexibility index (Phi) is 8.33. The van der Waals surface area contributed by atoms with Crippen LogP contribution < -0.4 is 16.0 Å². The van der Waals surface area contributed by atoms with Crippen LogP contribution in [0.2, 0.25) is 0 Å². The number of rotatable bonds is 9. The summed E-state index contributed by atoms with van der Waals surface area (Å²) >= 11 is 0. The SMILES string of the molecule is CCC(CC(=O)O)c1ccc(NC2CCCOC2CC)c(N(C(N)=O)c2ccccc2C)c1. The van der Waals surface area contributed by atoms with Crippen LogP contribution in [-0.2, 0) is 9.53 Å². The summed E-state index contributed by atoms with van der Waals surface area (Å²) < 4.78 is 5.95. The molecule has 0 saturated carbocycles. The Morgan fingerprint density at radius 1 is 1.21 bits per heavy atom. The third kappa shape index (κ3) is 5.85. The van der Waals surface area contributed by atoms with Crippen LogP contribution in [-0.4, -0.2) is 35.9 Å². The van der Waals surface area contributed by atoms with Crippen molar-refractivity contribution in [1.82, 2.24) is 0 Å². The van der Waals surface area contributed by atoms with E-state index in [1.165, 1.54) is 4.90 Å². The Labute approximate surface area is 195 Å². The Balaban J connectivity index is 2.11. The number of ether oxygens (including phenoxy) is 1. The average Bonchev–Trinajstić information content (AvgIpc) is 2.80. The molecule has 33 heavy (non-hydrogen) atoms. The lowest BCUT2D eigenvalue weighted by molar-refractivity contribution is -0.137. The van der Waals surface area contributed by atoms with Crippen LogP contribution in [0.5, 0.6) is 0 Å². The van der Waals surface area contributed by atoms with Gasteiger partial charge in [-0.25, -0.2) is 4.79 Å². The Bertz CT molecular complexity index is 978. The third-order valence-electron chi connectivity index (χ3n) is 6.41. The number of benzene rings is 2. The second-order valence-electron chi connectivity index (χ2n) is 8.65. The molecule has 7 heteroatoms. The topological polar surface area (TPSA) is 105 Å². The Hall–Kier alpha value is -3.06. The first-order valence-corrected chi connectivity index (χ1v) is 11.7. The van der Waals surface area contributed by atoms with Crippen molar-refractivity contribution in [2.75, 3.05) is 16.8 Å². The molecule has 2 aromatic rings. The van der Waals surface area contributed by atoms with E-state index in [9.17, 15) is 14.7 Å². The van der Waals surface area contributed by atoms with Crippen molar-refractivity contribution in [1.29, 1.82) is 0 Å². The molecule has 1 fully saturated rings. The number of carbonyl (C=O) groups excluding carboxylic acids is 1. The Morgan fingerprint density at radius 3 is 2.61 bits per heavy atom. The van der Waals surface area contributed by atoms with Crippen LogP contribution in [0.25, 0.3) is 0 Å². The number of carbonyl (C=O) groups is 2. The minimum absolute atomic E-state index is 0.0258. The molecule has 0 radical (unpaired) electrons. The molecular formula is C26H35N3O4. The van der Waals surface area contributed by atoms with Crippen LogP contribution in [0.3, 0.4) is 0 Å². The van der Waals surface area contributed by atoms with Crippen LogP contribution in [0.1, 0.15) is 63.0 Å². The van der Waals surface area contributed by atoms with Crippen molar-refractivity contribution in [3.05, 3.63) is 53.6 Å². The van der Waals surface area contributed by atoms with Gasteiger partial charge in [0.2, 0.25) is 0 Å². The summed E-state index contributed by atoms with van der Waals surface area (Å²) in [6, 6.07) is 12.9. The zero-order valence-electron chi connectivity index (χ0n) is 19.7. The summed E-state index contributed by atoms with van der Waals surface area (Å²) in [5.74, 6) is -1.01. The first-order valence-electron chi connectivity index (χ1n) is 11.7. The lowest BCUT2D eigenvalue weighted by Crippen LogP contribution is -2.40. The first-order chi connectivity index (χ1) is 15.8. The molecule has 1 heterocycles. The van der Waals surface area contributed by atoms with E-state index in [-0.39, 0.29) is 24.5 Å². The highest BCUT2D eigenvalue weighted by Crippen LogP contribution is 2.38. The predicted octanol–water partition coefficient (Wildman–Crippen LogP) is 5.55. The van der Waals surface area contributed by atoms with E-state index in [1.54, 1.807) is 0 Å². The third-order valence-corrected chi connectivity index (χ3v) is 6.41. The summed E-state index contributed by atoms with van der Waals surface area (Å²) in [6.07, 6.45) is 3.61. The fourth-order valence-corrected chi connectivity index (χ4v) is 4.61. The maximum Gasteiger partial charge on any atom is 0.323 e. The molecule has 2 amide bonds. The lowest BCUT2D eigenvalue weighted by atomic mass is 9.92. The smallest absolute Gasteiger partial charge is 0.323 e. The number of nitrogens with zero attached hydrogens (tertiary/aromatic N) is 1. The number of nitrogens with one attached hydrogen (secondary N) is 1. The van der Waals surface area contributed by atoms with Crippen LogP contribution in [0.4, 0.5) is 21.9 Å². The van der Waals surface area contributed by atoms with Gasteiger partial charge in [-0.3, -0.25) is 9.69 Å². The van der Waals surface area contributed by atoms with Gasteiger partial charge in [-0.1, -0.05) is 38.1 Å². The number of urea groups is 1. The highest BCUT2D eigenvalue weighted by Gasteiger charge is 2.28. The summed E-state index contributed by atoms with van der Waals surface area (Å²) in [5.41, 5.74) is 9.79. The molecule has 1 aliphatic rings. The minimum Gasteiger partial charge on any atom is -0.481 e. The number of primary amides is 1. The fraction of sp³-hybridized carbons (Fsp3) is 0.462. The van der Waals surface area contributed by atoms with Crippen LogP contribution in [0, 0.1) is 6.92 Å². The van der Waals surface area contributed by atoms with Gasteiger partial charge in [0.1, 0.15) is 0 Å². The number of carboxylic acids is 1. The molecular weight excluding hydrogens is 418 g/mol. The van der Waals surface area contributed by atoms with Gasteiger partial charge in [-0.15, -0.1) is 0 Å². The number of carboxylic acid groups (broad SMARTS) is 1. The maximum atomic E-state index is 12.7. The zero-order valence-corrected chi connectivity index (χ0v) is 19.7. The standard InChI is InChI=1S/C26H35N3O4/c1-4-18(16-25(30)31)19-12-13-20(28-21-10-8-14-33-24(21)5-2)23(15-19)29(26(27)32)22-11-7-6-9-17(22)3/h6-7,9,11-13,15,18,21,24,28H,4-5,8,10,14,16H2,1-3H3,(H2,27,32)(H,30,31). The highest BCUT2D eigenvalue weighted by atomic mass is 16.5. The van der Waals surface area contributed by atoms with E-state index in [1.807, 2.05) is 56.3 Å². The molecule has 3 rings (SSSR count). The first kappa shape index (κ1) is 24.6. The molecule has 0 spiro atoms. The second-order valence-corrected chi connectivity index (χ2v) is 8.65. The molecule has 0 aliphatic carbocycles. The van der Waals surface area contributed by atoms with Gasteiger partial charge in [0.05, 0.1) is 35.6 Å². The van der Waals surface area contributed by atoms with E-state index in [0.717, 1.165) is 42.7 Å². The summed E-state index contributed by atoms with van der Waals surface area (Å²) in [4.78, 5) is 25.7. The minimum atomic E-state index is -0.846. The van der Waals surface area contributed by atoms with Gasteiger partial charge in [0, 0.05) is 6.61 Å². The molecule has 0 aromatic heterocycles. The number of hydrogen-bond donors (Lipinski definition) is 3. The van der Waals surface area contributed by atoms with Crippen molar-refractivity contribution >= 4 is 29.1 Å². The number of hydrogen-bond acceptors (Lipinski definition) is 4. The number of para-hydroxylation sites is 1. The number of aryl methyl sites for hydroxylation is 1. The number of aliphatic carboxylic acids is 1. The highest BCUT2D eigenvalue weighted by molar-refractivity contribution is 6.02. The van der Waals surface area contributed by atoms with Crippen LogP contribution in [0.15, 0.2) is 42.5 Å². The molecule has 1 aliphatic heterocycles. The van der Waals surface area contributed by atoms with E-state index in [0.29, 0.717) is 17.8 Å². The van der Waals surface area contributed by atoms with E-state index in [4.69, 9.17) is 10.5 Å². The Morgan fingerprint density at radius 2 is 1.97 bits per heavy atom. The number of anilines is 3.